The number of rotatable bonds is 5. The fourth-order valence-electron chi connectivity index (χ4n) is 3.34. The minimum Gasteiger partial charge on any atom is -0.393 e. The molecule has 0 spiro atoms. The summed E-state index contributed by atoms with van der Waals surface area (Å²) in [5.41, 5.74) is 3.27. The number of aromatic nitrogens is 5. The van der Waals surface area contributed by atoms with E-state index in [4.69, 9.17) is 0 Å². The molecule has 0 saturated heterocycles. The third-order valence-electron chi connectivity index (χ3n) is 5.02. The maximum atomic E-state index is 13.5. The van der Waals surface area contributed by atoms with Crippen LogP contribution < -0.4 is 0 Å². The molecular formula is C21H19FN6O. The standard InChI is InChI=1S/C21H19FN6O/c1-3-14(22)5-4-13(2)20-21(27(12-25-20)15-8-17(29)9-15)18-6-7-19-24-11-16(10-23)28(19)26-18/h3-7,11-12,15,17,29H,2,8-9H2,1H3/b5-4-,14-3+/t15-,17+. The molecule has 0 radical (unpaired) electrons. The van der Waals surface area contributed by atoms with Crippen LogP contribution in [0.5, 0.6) is 0 Å². The molecule has 4 rings (SSSR count). The van der Waals surface area contributed by atoms with E-state index >= 15 is 0 Å². The lowest BCUT2D eigenvalue weighted by molar-refractivity contribution is 0.0491. The largest absolute Gasteiger partial charge is 0.393 e. The van der Waals surface area contributed by atoms with Gasteiger partial charge in [0.15, 0.2) is 11.3 Å². The second-order valence-electron chi connectivity index (χ2n) is 6.90. The van der Waals surface area contributed by atoms with Gasteiger partial charge in [0.2, 0.25) is 0 Å². The monoisotopic (exact) mass is 390 g/mol. The number of aliphatic hydroxyl groups excluding tert-OH is 1. The molecular weight excluding hydrogens is 371 g/mol. The first-order valence-corrected chi connectivity index (χ1v) is 9.21. The lowest BCUT2D eigenvalue weighted by atomic mass is 9.89. The van der Waals surface area contributed by atoms with E-state index in [9.17, 15) is 14.8 Å². The Morgan fingerprint density at radius 1 is 1.34 bits per heavy atom. The number of hydrogen-bond donors (Lipinski definition) is 1. The van der Waals surface area contributed by atoms with Gasteiger partial charge in [0.25, 0.3) is 0 Å². The van der Waals surface area contributed by atoms with Crippen molar-refractivity contribution in [3.8, 4) is 17.5 Å². The molecule has 3 aromatic rings. The number of fused-ring (bicyclic) bond motifs is 1. The summed E-state index contributed by atoms with van der Waals surface area (Å²) in [7, 11) is 0. The van der Waals surface area contributed by atoms with Crippen molar-refractivity contribution in [2.75, 3.05) is 0 Å². The molecule has 1 aliphatic rings. The summed E-state index contributed by atoms with van der Waals surface area (Å²) in [5.74, 6) is -0.370. The van der Waals surface area contributed by atoms with Gasteiger partial charge in [-0.3, -0.25) is 0 Å². The van der Waals surface area contributed by atoms with Crippen LogP contribution in [0.2, 0.25) is 0 Å². The van der Waals surface area contributed by atoms with E-state index in [2.05, 4.69) is 27.7 Å². The van der Waals surface area contributed by atoms with Gasteiger partial charge in [0.05, 0.1) is 30.0 Å². The van der Waals surface area contributed by atoms with Crippen LogP contribution in [0, 0.1) is 11.3 Å². The smallest absolute Gasteiger partial charge is 0.162 e. The predicted octanol–water partition coefficient (Wildman–Crippen LogP) is 3.60. The number of aliphatic hydroxyl groups is 1. The van der Waals surface area contributed by atoms with Crippen molar-refractivity contribution in [3.05, 3.63) is 66.7 Å². The number of nitriles is 1. The zero-order valence-corrected chi connectivity index (χ0v) is 15.8. The Hall–Kier alpha value is -3.57. The predicted molar refractivity (Wildman–Crippen MR) is 106 cm³/mol. The van der Waals surface area contributed by atoms with E-state index in [0.717, 1.165) is 0 Å². The second kappa shape index (κ2) is 7.45. The minimum absolute atomic E-state index is 0.0843. The quantitative estimate of drug-likeness (QED) is 0.672. The molecule has 146 valence electrons. The average molecular weight is 390 g/mol. The number of imidazole rings is 2. The normalized spacial score (nSPS) is 19.4. The van der Waals surface area contributed by atoms with Gasteiger partial charge in [0, 0.05) is 6.04 Å². The summed E-state index contributed by atoms with van der Waals surface area (Å²) >= 11 is 0. The van der Waals surface area contributed by atoms with Crippen LogP contribution in [0.3, 0.4) is 0 Å². The highest BCUT2D eigenvalue weighted by Crippen LogP contribution is 2.38. The number of nitrogens with zero attached hydrogens (tertiary/aromatic N) is 6. The second-order valence-corrected chi connectivity index (χ2v) is 6.90. The summed E-state index contributed by atoms with van der Waals surface area (Å²) in [6.07, 6.45) is 8.32. The molecule has 29 heavy (non-hydrogen) atoms. The van der Waals surface area contributed by atoms with E-state index in [0.29, 0.717) is 46.8 Å². The van der Waals surface area contributed by atoms with E-state index in [1.54, 1.807) is 31.5 Å². The van der Waals surface area contributed by atoms with Crippen molar-refractivity contribution >= 4 is 11.2 Å². The van der Waals surface area contributed by atoms with E-state index in [1.165, 1.54) is 22.9 Å². The topological polar surface area (TPSA) is 92.0 Å². The van der Waals surface area contributed by atoms with E-state index < -0.39 is 0 Å². The van der Waals surface area contributed by atoms with Crippen LogP contribution in [0.25, 0.3) is 22.6 Å². The van der Waals surface area contributed by atoms with Gasteiger partial charge >= 0.3 is 0 Å². The molecule has 8 heteroatoms. The van der Waals surface area contributed by atoms with Gasteiger partial charge in [-0.15, -0.1) is 0 Å². The Balaban J connectivity index is 1.84. The fourth-order valence-corrected chi connectivity index (χ4v) is 3.34. The zero-order valence-electron chi connectivity index (χ0n) is 15.8. The third-order valence-corrected chi connectivity index (χ3v) is 5.02. The van der Waals surface area contributed by atoms with Crippen molar-refractivity contribution in [1.82, 2.24) is 24.1 Å². The number of allylic oxidation sites excluding steroid dienone is 5. The van der Waals surface area contributed by atoms with E-state index in [-0.39, 0.29) is 18.0 Å². The molecule has 1 saturated carbocycles. The first-order valence-electron chi connectivity index (χ1n) is 9.21. The van der Waals surface area contributed by atoms with Crippen molar-refractivity contribution in [1.29, 1.82) is 5.26 Å². The zero-order chi connectivity index (χ0) is 20.5. The maximum Gasteiger partial charge on any atom is 0.162 e. The number of halogens is 1. The highest BCUT2D eigenvalue weighted by atomic mass is 19.1. The van der Waals surface area contributed by atoms with E-state index in [1.807, 2.05) is 4.57 Å². The lowest BCUT2D eigenvalue weighted by Gasteiger charge is -2.33. The van der Waals surface area contributed by atoms with Crippen molar-refractivity contribution in [3.63, 3.8) is 0 Å². The van der Waals surface area contributed by atoms with Crippen LogP contribution >= 0.6 is 0 Å². The summed E-state index contributed by atoms with van der Waals surface area (Å²) in [6.45, 7) is 5.64. The van der Waals surface area contributed by atoms with Gasteiger partial charge in [-0.05, 0) is 43.5 Å². The summed E-state index contributed by atoms with van der Waals surface area (Å²) < 4.78 is 17.0. The molecule has 0 amide bonds. The van der Waals surface area contributed by atoms with Crippen LogP contribution in [0.1, 0.15) is 37.2 Å². The highest BCUT2D eigenvalue weighted by Gasteiger charge is 2.32. The van der Waals surface area contributed by atoms with Crippen molar-refractivity contribution < 1.29 is 9.50 Å². The van der Waals surface area contributed by atoms with Crippen LogP contribution in [-0.4, -0.2) is 35.4 Å². The third kappa shape index (κ3) is 3.37. The Kier molecular flexibility index (Phi) is 4.82. The highest BCUT2D eigenvalue weighted by molar-refractivity contribution is 5.80. The van der Waals surface area contributed by atoms with Gasteiger partial charge in [0.1, 0.15) is 17.6 Å². The molecule has 3 aromatic heterocycles. The summed E-state index contributed by atoms with van der Waals surface area (Å²) in [5, 5.41) is 23.6. The molecule has 1 N–H and O–H groups in total. The minimum atomic E-state index is -0.370. The maximum absolute atomic E-state index is 13.5. The van der Waals surface area contributed by atoms with Crippen molar-refractivity contribution in [2.45, 2.75) is 31.9 Å². The van der Waals surface area contributed by atoms with Crippen LogP contribution in [0.4, 0.5) is 4.39 Å². The molecule has 0 bridgehead atoms. The van der Waals surface area contributed by atoms with Crippen LogP contribution in [-0.2, 0) is 0 Å². The average Bonchev–Trinajstić information content (AvgIpc) is 3.32. The molecule has 0 aliphatic heterocycles. The van der Waals surface area contributed by atoms with Gasteiger partial charge in [-0.2, -0.15) is 10.4 Å². The molecule has 1 fully saturated rings. The van der Waals surface area contributed by atoms with Gasteiger partial charge in [-0.25, -0.2) is 18.9 Å². The Morgan fingerprint density at radius 3 is 2.83 bits per heavy atom. The first-order chi connectivity index (χ1) is 14.0. The Morgan fingerprint density at radius 2 is 2.14 bits per heavy atom. The fraction of sp³-hybridized carbons (Fsp3) is 0.238. The molecule has 0 atom stereocenters. The van der Waals surface area contributed by atoms with Crippen molar-refractivity contribution in [2.24, 2.45) is 0 Å². The molecule has 0 unspecified atom stereocenters. The molecule has 3 heterocycles. The molecule has 0 aromatic carbocycles. The van der Waals surface area contributed by atoms with Crippen LogP contribution in [0.15, 0.2) is 55.3 Å². The Labute approximate surface area is 166 Å². The molecule has 7 nitrogen and oxygen atoms in total. The van der Waals surface area contributed by atoms with Gasteiger partial charge in [-0.1, -0.05) is 18.7 Å². The lowest BCUT2D eigenvalue weighted by Crippen LogP contribution is -2.31. The summed E-state index contributed by atoms with van der Waals surface area (Å²) in [4.78, 5) is 8.66. The number of hydrogen-bond acceptors (Lipinski definition) is 5. The molecule has 1 aliphatic carbocycles. The van der Waals surface area contributed by atoms with Gasteiger partial charge < -0.3 is 9.67 Å². The Bertz CT molecular complexity index is 1190. The first kappa shape index (κ1) is 18.8. The summed E-state index contributed by atoms with van der Waals surface area (Å²) in [6, 6.07) is 5.74. The SMILES string of the molecule is C=C(/C=C\C(F)=C/C)c1ncn([C@H]2C[C@@H](O)C2)c1-c1ccc2ncc(C#N)n2n1.